The number of benzene rings is 1. The van der Waals surface area contributed by atoms with Gasteiger partial charge in [0.25, 0.3) is 0 Å². The van der Waals surface area contributed by atoms with Crippen LogP contribution >= 0.6 is 11.8 Å². The maximum absolute atomic E-state index is 5.40. The van der Waals surface area contributed by atoms with Gasteiger partial charge < -0.3 is 14.2 Å². The van der Waals surface area contributed by atoms with Gasteiger partial charge in [-0.25, -0.2) is 0 Å². The van der Waals surface area contributed by atoms with Crippen LogP contribution in [0.1, 0.15) is 23.2 Å². The summed E-state index contributed by atoms with van der Waals surface area (Å²) in [5, 5.41) is 4.04. The van der Waals surface area contributed by atoms with Gasteiger partial charge in [0.2, 0.25) is 5.89 Å². The van der Waals surface area contributed by atoms with E-state index in [9.17, 15) is 0 Å². The first-order valence-electron chi connectivity index (χ1n) is 8.44. The fraction of sp³-hybridized carbons (Fsp3) is 0.556. The minimum atomic E-state index is 0.453. The number of aromatic nitrogens is 2. The summed E-state index contributed by atoms with van der Waals surface area (Å²) in [7, 11) is 5.99. The van der Waals surface area contributed by atoms with Crippen molar-refractivity contribution in [2.45, 2.75) is 24.3 Å². The third-order valence-electron chi connectivity index (χ3n) is 4.71. The van der Waals surface area contributed by atoms with Crippen molar-refractivity contribution < 1.29 is 9.26 Å². The molecule has 6 nitrogen and oxygen atoms in total. The zero-order chi connectivity index (χ0) is 17.8. The molecule has 0 spiro atoms. The number of ether oxygens (including phenoxy) is 1. The van der Waals surface area contributed by atoms with Crippen LogP contribution in [0.4, 0.5) is 0 Å². The molecule has 1 fully saturated rings. The number of rotatable bonds is 7. The van der Waals surface area contributed by atoms with E-state index < -0.39 is 0 Å². The summed E-state index contributed by atoms with van der Waals surface area (Å²) in [6.45, 7) is 2.68. The van der Waals surface area contributed by atoms with E-state index in [0.717, 1.165) is 30.4 Å². The number of hydrogen-bond donors (Lipinski definition) is 0. The van der Waals surface area contributed by atoms with Crippen LogP contribution in [0.3, 0.4) is 0 Å². The molecule has 1 aliphatic rings. The van der Waals surface area contributed by atoms with Crippen molar-refractivity contribution in [3.05, 3.63) is 41.5 Å². The van der Waals surface area contributed by atoms with Crippen LogP contribution in [-0.4, -0.2) is 66.5 Å². The predicted molar refractivity (Wildman–Crippen MR) is 100 cm³/mol. The molecule has 0 aliphatic carbocycles. The van der Waals surface area contributed by atoms with Crippen LogP contribution in [0, 0.1) is 0 Å². The van der Waals surface area contributed by atoms with Gasteiger partial charge in [-0.05, 0) is 38.0 Å². The average Bonchev–Trinajstić information content (AvgIpc) is 3.23. The number of methoxy groups -OCH3 is 1. The number of likely N-dealkylation sites (N-methyl/N-ethyl adjacent to an activating group) is 1. The quantitative estimate of drug-likeness (QED) is 0.750. The predicted octanol–water partition coefficient (Wildman–Crippen LogP) is 2.47. The smallest absolute Gasteiger partial charge is 0.240 e. The Morgan fingerprint density at radius 1 is 1.28 bits per heavy atom. The standard InChI is InChI=1S/C18H26N4O2S/c1-21(2)16-10-22(11-18-19-17(12-25-4)20-24-18)9-15(16)13-5-7-14(23-3)8-6-13/h5-8,15-16H,9-12H2,1-4H3/t15-,16+/m0/s1. The molecule has 1 aromatic carbocycles. The molecule has 0 bridgehead atoms. The fourth-order valence-electron chi connectivity index (χ4n) is 3.43. The van der Waals surface area contributed by atoms with Gasteiger partial charge in [0.1, 0.15) is 5.75 Å². The van der Waals surface area contributed by atoms with E-state index in [-0.39, 0.29) is 0 Å². The number of likely N-dealkylation sites (tertiary alicyclic amines) is 1. The average molecular weight is 362 g/mol. The van der Waals surface area contributed by atoms with Gasteiger partial charge in [-0.3, -0.25) is 4.90 Å². The molecule has 136 valence electrons. The maximum Gasteiger partial charge on any atom is 0.240 e. The number of hydrogen-bond acceptors (Lipinski definition) is 7. The fourth-order valence-corrected chi connectivity index (χ4v) is 3.81. The van der Waals surface area contributed by atoms with Crippen molar-refractivity contribution in [3.8, 4) is 5.75 Å². The number of thioether (sulfide) groups is 1. The van der Waals surface area contributed by atoms with Crippen molar-refractivity contribution in [1.82, 2.24) is 19.9 Å². The molecule has 2 heterocycles. The monoisotopic (exact) mass is 362 g/mol. The van der Waals surface area contributed by atoms with E-state index in [0.29, 0.717) is 24.4 Å². The summed E-state index contributed by atoms with van der Waals surface area (Å²) >= 11 is 1.70. The van der Waals surface area contributed by atoms with Crippen LogP contribution in [0.25, 0.3) is 0 Å². The Hall–Kier alpha value is -1.57. The van der Waals surface area contributed by atoms with Crippen LogP contribution in [0.2, 0.25) is 0 Å². The summed E-state index contributed by atoms with van der Waals surface area (Å²) in [6.07, 6.45) is 2.04. The van der Waals surface area contributed by atoms with E-state index in [1.807, 2.05) is 18.4 Å². The summed E-state index contributed by atoms with van der Waals surface area (Å²) in [6, 6.07) is 8.89. The van der Waals surface area contributed by atoms with E-state index in [1.54, 1.807) is 18.9 Å². The molecule has 3 rings (SSSR count). The maximum atomic E-state index is 5.40. The molecule has 1 aromatic heterocycles. The minimum absolute atomic E-state index is 0.453. The van der Waals surface area contributed by atoms with E-state index >= 15 is 0 Å². The Kier molecular flexibility index (Phi) is 5.98. The lowest BCUT2D eigenvalue weighted by atomic mass is 9.93. The third kappa shape index (κ3) is 4.34. The molecular weight excluding hydrogens is 336 g/mol. The van der Waals surface area contributed by atoms with Crippen LogP contribution < -0.4 is 4.74 Å². The Morgan fingerprint density at radius 3 is 2.68 bits per heavy atom. The van der Waals surface area contributed by atoms with Gasteiger partial charge in [-0.2, -0.15) is 16.7 Å². The van der Waals surface area contributed by atoms with Crippen molar-refractivity contribution in [2.24, 2.45) is 0 Å². The minimum Gasteiger partial charge on any atom is -0.497 e. The Balaban J connectivity index is 1.70. The summed E-state index contributed by atoms with van der Waals surface area (Å²) in [5.41, 5.74) is 1.34. The van der Waals surface area contributed by atoms with Crippen molar-refractivity contribution in [2.75, 3.05) is 40.6 Å². The topological polar surface area (TPSA) is 54.6 Å². The summed E-state index contributed by atoms with van der Waals surface area (Å²) in [4.78, 5) is 9.19. The molecule has 7 heteroatoms. The van der Waals surface area contributed by atoms with Gasteiger partial charge in [0.15, 0.2) is 5.82 Å². The zero-order valence-electron chi connectivity index (χ0n) is 15.3. The highest BCUT2D eigenvalue weighted by molar-refractivity contribution is 7.97. The molecule has 0 unspecified atom stereocenters. The van der Waals surface area contributed by atoms with Crippen molar-refractivity contribution >= 4 is 11.8 Å². The lowest BCUT2D eigenvalue weighted by molar-refractivity contribution is 0.237. The summed E-state index contributed by atoms with van der Waals surface area (Å²) < 4.78 is 10.7. The molecule has 1 saturated heterocycles. The molecule has 2 atom stereocenters. The Bertz CT molecular complexity index is 674. The van der Waals surface area contributed by atoms with Gasteiger partial charge in [0, 0.05) is 25.0 Å². The van der Waals surface area contributed by atoms with Crippen LogP contribution in [0.15, 0.2) is 28.8 Å². The molecule has 0 N–H and O–H groups in total. The molecule has 25 heavy (non-hydrogen) atoms. The first-order chi connectivity index (χ1) is 12.1. The highest BCUT2D eigenvalue weighted by Gasteiger charge is 2.35. The number of nitrogens with zero attached hydrogens (tertiary/aromatic N) is 4. The van der Waals surface area contributed by atoms with E-state index in [2.05, 4.69) is 46.2 Å². The van der Waals surface area contributed by atoms with Gasteiger partial charge in [0.05, 0.1) is 19.4 Å². The second kappa shape index (κ2) is 8.21. The third-order valence-corrected chi connectivity index (χ3v) is 5.26. The lowest BCUT2D eigenvalue weighted by Gasteiger charge is -2.25. The highest BCUT2D eigenvalue weighted by atomic mass is 32.2. The first-order valence-corrected chi connectivity index (χ1v) is 9.83. The van der Waals surface area contributed by atoms with Crippen molar-refractivity contribution in [1.29, 1.82) is 0 Å². The molecule has 1 aliphatic heterocycles. The SMILES string of the molecule is COc1ccc([C@@H]2CN(Cc3nc(CSC)no3)C[C@H]2N(C)C)cc1. The summed E-state index contributed by atoms with van der Waals surface area (Å²) in [5.74, 6) is 3.62. The second-order valence-corrected chi connectivity index (χ2v) is 7.51. The zero-order valence-corrected chi connectivity index (χ0v) is 16.1. The van der Waals surface area contributed by atoms with E-state index in [4.69, 9.17) is 9.26 Å². The van der Waals surface area contributed by atoms with Crippen LogP contribution in [-0.2, 0) is 12.3 Å². The van der Waals surface area contributed by atoms with Crippen LogP contribution in [0.5, 0.6) is 5.75 Å². The highest BCUT2D eigenvalue weighted by Crippen LogP contribution is 2.32. The normalized spacial score (nSPS) is 21.2. The molecular formula is C18H26N4O2S. The molecule has 0 amide bonds. The van der Waals surface area contributed by atoms with Gasteiger partial charge in [-0.15, -0.1) is 0 Å². The Morgan fingerprint density at radius 2 is 2.04 bits per heavy atom. The molecule has 0 radical (unpaired) electrons. The van der Waals surface area contributed by atoms with Gasteiger partial charge in [-0.1, -0.05) is 17.3 Å². The second-order valence-electron chi connectivity index (χ2n) is 6.64. The first kappa shape index (κ1) is 18.2. The van der Waals surface area contributed by atoms with E-state index in [1.165, 1.54) is 5.56 Å². The Labute approximate surface area is 153 Å². The lowest BCUT2D eigenvalue weighted by Crippen LogP contribution is -2.34. The molecule has 0 saturated carbocycles. The van der Waals surface area contributed by atoms with Gasteiger partial charge >= 0.3 is 0 Å². The molecule has 2 aromatic rings. The largest absolute Gasteiger partial charge is 0.497 e. The van der Waals surface area contributed by atoms with Crippen molar-refractivity contribution in [3.63, 3.8) is 0 Å².